The summed E-state index contributed by atoms with van der Waals surface area (Å²) in [5, 5.41) is 16.5. The van der Waals surface area contributed by atoms with Crippen molar-refractivity contribution >= 4 is 35.2 Å². The van der Waals surface area contributed by atoms with Gasteiger partial charge < -0.3 is 20.7 Å². The van der Waals surface area contributed by atoms with E-state index in [0.717, 1.165) is 22.0 Å². The Morgan fingerprint density at radius 2 is 1.82 bits per heavy atom. The largest absolute Gasteiger partial charge is 0.480 e. The average Bonchev–Trinajstić information content (AvgIpc) is 3.10. The third-order valence-corrected chi connectivity index (χ3v) is 5.11. The van der Waals surface area contributed by atoms with Crippen LogP contribution in [0.2, 0.25) is 0 Å². The standard InChI is InChI=1S/C21H21N3O3.ClH/c25-20(18-9-13-5-1-2-6-14(13)11-23-18)24-19(21(26)27)10-15-12-22-17-8-4-3-7-16(15)17;/h1-8,12,18-19,22-23H,9-11H2,(H,24,25)(H,26,27);1H/t18-,19-;/m0./s1. The number of halogens is 1. The van der Waals surface area contributed by atoms with Crippen LogP contribution in [-0.2, 0) is 29.0 Å². The monoisotopic (exact) mass is 399 g/mol. The Labute approximate surface area is 168 Å². The van der Waals surface area contributed by atoms with Crippen molar-refractivity contribution in [3.63, 3.8) is 0 Å². The lowest BCUT2D eigenvalue weighted by Crippen LogP contribution is -2.52. The van der Waals surface area contributed by atoms with E-state index in [0.29, 0.717) is 13.0 Å². The molecule has 2 atom stereocenters. The number of carbonyl (C=O) groups is 2. The molecule has 2 aromatic carbocycles. The van der Waals surface area contributed by atoms with Gasteiger partial charge in [0.1, 0.15) is 6.04 Å². The Morgan fingerprint density at radius 3 is 2.61 bits per heavy atom. The van der Waals surface area contributed by atoms with Gasteiger partial charge in [-0.25, -0.2) is 4.79 Å². The number of fused-ring (bicyclic) bond motifs is 2. The van der Waals surface area contributed by atoms with Crippen LogP contribution in [0.1, 0.15) is 16.7 Å². The van der Waals surface area contributed by atoms with Gasteiger partial charge in [-0.1, -0.05) is 42.5 Å². The second-order valence-corrected chi connectivity index (χ2v) is 6.87. The van der Waals surface area contributed by atoms with Crippen molar-refractivity contribution in [3.05, 3.63) is 71.4 Å². The number of aliphatic carboxylic acids is 1. The molecule has 1 aromatic heterocycles. The Balaban J connectivity index is 0.00000225. The van der Waals surface area contributed by atoms with Gasteiger partial charge in [0.15, 0.2) is 0 Å². The van der Waals surface area contributed by atoms with Crippen molar-refractivity contribution in [2.45, 2.75) is 31.5 Å². The fraction of sp³-hybridized carbons (Fsp3) is 0.238. The summed E-state index contributed by atoms with van der Waals surface area (Å²) in [4.78, 5) is 27.5. The van der Waals surface area contributed by atoms with Crippen LogP contribution in [0.4, 0.5) is 0 Å². The quantitative estimate of drug-likeness (QED) is 0.530. The second-order valence-electron chi connectivity index (χ2n) is 6.87. The number of aromatic nitrogens is 1. The van der Waals surface area contributed by atoms with Crippen LogP contribution in [0.25, 0.3) is 10.9 Å². The predicted molar refractivity (Wildman–Crippen MR) is 110 cm³/mol. The molecule has 7 heteroatoms. The molecule has 28 heavy (non-hydrogen) atoms. The fourth-order valence-electron chi connectivity index (χ4n) is 3.63. The first-order valence-electron chi connectivity index (χ1n) is 9.00. The van der Waals surface area contributed by atoms with Crippen LogP contribution in [0.3, 0.4) is 0 Å². The molecule has 0 bridgehead atoms. The highest BCUT2D eigenvalue weighted by Crippen LogP contribution is 2.20. The highest BCUT2D eigenvalue weighted by Gasteiger charge is 2.28. The number of hydrogen-bond acceptors (Lipinski definition) is 3. The van der Waals surface area contributed by atoms with Gasteiger partial charge >= 0.3 is 5.97 Å². The van der Waals surface area contributed by atoms with Gasteiger partial charge in [-0.3, -0.25) is 4.79 Å². The van der Waals surface area contributed by atoms with Crippen molar-refractivity contribution in [1.29, 1.82) is 0 Å². The summed E-state index contributed by atoms with van der Waals surface area (Å²) in [7, 11) is 0. The number of carboxylic acids is 1. The molecule has 1 amide bonds. The number of benzene rings is 2. The summed E-state index contributed by atoms with van der Waals surface area (Å²) >= 11 is 0. The molecule has 0 saturated heterocycles. The van der Waals surface area contributed by atoms with E-state index in [4.69, 9.17) is 0 Å². The van der Waals surface area contributed by atoms with Crippen molar-refractivity contribution in [1.82, 2.24) is 15.6 Å². The van der Waals surface area contributed by atoms with Crippen LogP contribution < -0.4 is 10.6 Å². The highest BCUT2D eigenvalue weighted by atomic mass is 35.5. The van der Waals surface area contributed by atoms with E-state index in [1.54, 1.807) is 0 Å². The van der Waals surface area contributed by atoms with E-state index in [1.165, 1.54) is 5.56 Å². The van der Waals surface area contributed by atoms with Gasteiger partial charge in [-0.15, -0.1) is 12.4 Å². The summed E-state index contributed by atoms with van der Waals surface area (Å²) in [6.07, 6.45) is 2.59. The van der Waals surface area contributed by atoms with Crippen LogP contribution in [0, 0.1) is 0 Å². The highest BCUT2D eigenvalue weighted by molar-refractivity contribution is 5.89. The Morgan fingerprint density at radius 1 is 1.11 bits per heavy atom. The normalized spacial score (nSPS) is 16.6. The maximum atomic E-state index is 12.7. The summed E-state index contributed by atoms with van der Waals surface area (Å²) in [5.41, 5.74) is 4.13. The molecule has 0 saturated carbocycles. The topological polar surface area (TPSA) is 94.2 Å². The van der Waals surface area contributed by atoms with Gasteiger partial charge in [-0.2, -0.15) is 0 Å². The molecule has 6 nitrogen and oxygen atoms in total. The van der Waals surface area contributed by atoms with Gasteiger partial charge in [-0.05, 0) is 29.2 Å². The zero-order valence-corrected chi connectivity index (χ0v) is 16.0. The smallest absolute Gasteiger partial charge is 0.326 e. The van der Waals surface area contributed by atoms with E-state index in [1.807, 2.05) is 54.7 Å². The molecule has 0 spiro atoms. The lowest BCUT2D eigenvalue weighted by molar-refractivity contribution is -0.142. The average molecular weight is 400 g/mol. The first kappa shape index (κ1) is 19.9. The Kier molecular flexibility index (Phi) is 6.02. The maximum absolute atomic E-state index is 12.7. The van der Waals surface area contributed by atoms with E-state index in [2.05, 4.69) is 15.6 Å². The third-order valence-electron chi connectivity index (χ3n) is 5.11. The third kappa shape index (κ3) is 4.03. The van der Waals surface area contributed by atoms with E-state index >= 15 is 0 Å². The molecule has 4 N–H and O–H groups in total. The minimum atomic E-state index is -1.04. The molecule has 3 aromatic rings. The van der Waals surface area contributed by atoms with Crippen LogP contribution in [0.15, 0.2) is 54.7 Å². The number of aromatic amines is 1. The van der Waals surface area contributed by atoms with Crippen molar-refractivity contribution in [2.75, 3.05) is 0 Å². The number of carboxylic acid groups (broad SMARTS) is 1. The summed E-state index contributed by atoms with van der Waals surface area (Å²) in [6.45, 7) is 0.606. The van der Waals surface area contributed by atoms with E-state index in [9.17, 15) is 14.7 Å². The molecule has 0 aliphatic carbocycles. The van der Waals surface area contributed by atoms with Crippen LogP contribution in [-0.4, -0.2) is 34.1 Å². The SMILES string of the molecule is Cl.O=C(O)[C@H](Cc1c[nH]c2ccccc12)NC(=O)[C@@H]1Cc2ccccc2CN1. The lowest BCUT2D eigenvalue weighted by atomic mass is 9.95. The minimum Gasteiger partial charge on any atom is -0.480 e. The molecule has 0 radical (unpaired) electrons. The maximum Gasteiger partial charge on any atom is 0.326 e. The zero-order valence-electron chi connectivity index (χ0n) is 15.1. The molecular weight excluding hydrogens is 378 g/mol. The van der Waals surface area contributed by atoms with Gasteiger partial charge in [0.25, 0.3) is 0 Å². The van der Waals surface area contributed by atoms with E-state index < -0.39 is 18.1 Å². The van der Waals surface area contributed by atoms with Gasteiger partial charge in [0.05, 0.1) is 6.04 Å². The summed E-state index contributed by atoms with van der Waals surface area (Å²) < 4.78 is 0. The number of H-pyrrole nitrogens is 1. The number of rotatable bonds is 5. The number of carbonyl (C=O) groups excluding carboxylic acids is 1. The number of para-hydroxylation sites is 1. The number of hydrogen-bond donors (Lipinski definition) is 4. The van der Waals surface area contributed by atoms with Crippen LogP contribution >= 0.6 is 12.4 Å². The number of nitrogens with one attached hydrogen (secondary N) is 3. The zero-order chi connectivity index (χ0) is 18.8. The van der Waals surface area contributed by atoms with Gasteiger partial charge in [0.2, 0.25) is 5.91 Å². The van der Waals surface area contributed by atoms with E-state index in [-0.39, 0.29) is 24.7 Å². The lowest BCUT2D eigenvalue weighted by Gasteiger charge is -2.26. The van der Waals surface area contributed by atoms with Gasteiger partial charge in [0, 0.05) is 30.1 Å². The summed E-state index contributed by atoms with van der Waals surface area (Å²) in [6, 6.07) is 14.3. The molecule has 0 unspecified atom stereocenters. The predicted octanol–water partition coefficient (Wildman–Crippen LogP) is 2.42. The van der Waals surface area contributed by atoms with Crippen molar-refractivity contribution in [2.24, 2.45) is 0 Å². The molecule has 1 aliphatic heterocycles. The first-order chi connectivity index (χ1) is 13.1. The van der Waals surface area contributed by atoms with Crippen molar-refractivity contribution in [3.8, 4) is 0 Å². The molecule has 0 fully saturated rings. The fourth-order valence-corrected chi connectivity index (χ4v) is 3.63. The number of amides is 1. The Hall–Kier alpha value is -2.83. The second kappa shape index (κ2) is 8.46. The minimum absolute atomic E-state index is 0. The van der Waals surface area contributed by atoms with Crippen molar-refractivity contribution < 1.29 is 14.7 Å². The first-order valence-corrected chi connectivity index (χ1v) is 9.00. The Bertz CT molecular complexity index is 1000. The summed E-state index contributed by atoms with van der Waals surface area (Å²) in [5.74, 6) is -1.32. The molecule has 146 valence electrons. The molecule has 2 heterocycles. The molecular formula is C21H22ClN3O3. The van der Waals surface area contributed by atoms with Crippen LogP contribution in [0.5, 0.6) is 0 Å². The molecule has 4 rings (SSSR count). The molecule has 1 aliphatic rings.